The second kappa shape index (κ2) is 5.86. The van der Waals surface area contributed by atoms with Crippen molar-refractivity contribution >= 4 is 10.0 Å². The molecule has 0 amide bonds. The Morgan fingerprint density at radius 3 is 2.50 bits per heavy atom. The van der Waals surface area contributed by atoms with E-state index in [2.05, 4.69) is 24.2 Å². The number of nitrogens with one attached hydrogen (secondary N) is 1. The van der Waals surface area contributed by atoms with Gasteiger partial charge in [0.25, 0.3) is 0 Å². The van der Waals surface area contributed by atoms with E-state index < -0.39 is 10.0 Å². The molecule has 6 heteroatoms. The lowest BCUT2D eigenvalue weighted by molar-refractivity contribution is 0.159. The molecule has 0 radical (unpaired) electrons. The predicted molar refractivity (Wildman–Crippen MR) is 73.0 cm³/mol. The molecule has 0 aromatic heterocycles. The van der Waals surface area contributed by atoms with Gasteiger partial charge >= 0.3 is 0 Å². The van der Waals surface area contributed by atoms with Crippen LogP contribution in [-0.2, 0) is 10.0 Å². The molecule has 2 aliphatic rings. The largest absolute Gasteiger partial charge is 0.317 e. The summed E-state index contributed by atoms with van der Waals surface area (Å²) in [5.74, 6) is 0.677. The Balaban J connectivity index is 1.93. The Morgan fingerprint density at radius 1 is 1.22 bits per heavy atom. The van der Waals surface area contributed by atoms with Crippen LogP contribution < -0.4 is 5.32 Å². The monoisotopic (exact) mass is 275 g/mol. The SMILES string of the molecule is CC1CN(S(=O)(=O)CC2CCNCC2)CCN1C. The van der Waals surface area contributed by atoms with Crippen LogP contribution in [-0.4, -0.2) is 69.2 Å². The Hall–Kier alpha value is -0.170. The van der Waals surface area contributed by atoms with Crippen molar-refractivity contribution in [1.29, 1.82) is 0 Å². The van der Waals surface area contributed by atoms with Gasteiger partial charge in [-0.25, -0.2) is 8.42 Å². The molecule has 1 atom stereocenters. The number of sulfonamides is 1. The Kier molecular flexibility index (Phi) is 4.64. The number of hydrogen-bond donors (Lipinski definition) is 1. The summed E-state index contributed by atoms with van der Waals surface area (Å²) in [6.45, 7) is 6.13. The zero-order valence-corrected chi connectivity index (χ0v) is 12.2. The number of nitrogens with zero attached hydrogens (tertiary/aromatic N) is 2. The maximum atomic E-state index is 12.4. The third-order valence-electron chi connectivity index (χ3n) is 4.22. The Labute approximate surface area is 111 Å². The van der Waals surface area contributed by atoms with Crippen molar-refractivity contribution in [2.45, 2.75) is 25.8 Å². The van der Waals surface area contributed by atoms with Gasteiger partial charge in [-0.2, -0.15) is 4.31 Å². The van der Waals surface area contributed by atoms with Gasteiger partial charge in [-0.15, -0.1) is 0 Å². The lowest BCUT2D eigenvalue weighted by atomic mass is 10.0. The van der Waals surface area contributed by atoms with Crippen LogP contribution in [0.4, 0.5) is 0 Å². The van der Waals surface area contributed by atoms with Gasteiger partial charge in [0.2, 0.25) is 10.0 Å². The molecule has 0 aromatic rings. The first-order chi connectivity index (χ1) is 8.49. The summed E-state index contributed by atoms with van der Waals surface area (Å²) < 4.78 is 26.5. The molecular weight excluding hydrogens is 250 g/mol. The summed E-state index contributed by atoms with van der Waals surface area (Å²) in [5.41, 5.74) is 0. The van der Waals surface area contributed by atoms with Crippen LogP contribution in [0.5, 0.6) is 0 Å². The lowest BCUT2D eigenvalue weighted by Crippen LogP contribution is -2.53. The van der Waals surface area contributed by atoms with Gasteiger partial charge in [0.15, 0.2) is 0 Å². The number of likely N-dealkylation sites (N-methyl/N-ethyl adjacent to an activating group) is 1. The summed E-state index contributed by atoms with van der Waals surface area (Å²) in [7, 11) is -1.00. The van der Waals surface area contributed by atoms with Crippen molar-refractivity contribution in [3.05, 3.63) is 0 Å². The van der Waals surface area contributed by atoms with Gasteiger partial charge in [0.05, 0.1) is 5.75 Å². The standard InChI is InChI=1S/C12H25N3O2S/c1-11-9-15(8-7-14(11)2)18(16,17)10-12-3-5-13-6-4-12/h11-13H,3-10H2,1-2H3. The van der Waals surface area contributed by atoms with E-state index in [4.69, 9.17) is 0 Å². The molecule has 2 heterocycles. The fourth-order valence-corrected chi connectivity index (χ4v) is 4.66. The molecule has 106 valence electrons. The smallest absolute Gasteiger partial charge is 0.214 e. The molecule has 5 nitrogen and oxygen atoms in total. The van der Waals surface area contributed by atoms with E-state index in [0.29, 0.717) is 30.8 Å². The first-order valence-corrected chi connectivity index (χ1v) is 8.49. The summed E-state index contributed by atoms with van der Waals surface area (Å²) in [6, 6.07) is 0.321. The van der Waals surface area contributed by atoms with E-state index in [-0.39, 0.29) is 0 Å². The minimum absolute atomic E-state index is 0.321. The van der Waals surface area contributed by atoms with Crippen LogP contribution in [0.1, 0.15) is 19.8 Å². The number of hydrogen-bond acceptors (Lipinski definition) is 4. The second-order valence-electron chi connectivity index (χ2n) is 5.66. The average molecular weight is 275 g/mol. The Morgan fingerprint density at radius 2 is 1.89 bits per heavy atom. The van der Waals surface area contributed by atoms with Crippen molar-refractivity contribution in [2.24, 2.45) is 5.92 Å². The molecule has 18 heavy (non-hydrogen) atoms. The molecule has 2 saturated heterocycles. The summed E-state index contributed by atoms with van der Waals surface area (Å²) in [5, 5.41) is 3.28. The van der Waals surface area contributed by atoms with Crippen molar-refractivity contribution in [3.63, 3.8) is 0 Å². The van der Waals surface area contributed by atoms with E-state index in [9.17, 15) is 8.42 Å². The molecule has 0 saturated carbocycles. The number of piperidine rings is 1. The normalized spacial score (nSPS) is 29.6. The second-order valence-corrected chi connectivity index (χ2v) is 7.67. The van der Waals surface area contributed by atoms with Gasteiger partial charge < -0.3 is 10.2 Å². The zero-order chi connectivity index (χ0) is 13.2. The zero-order valence-electron chi connectivity index (χ0n) is 11.4. The average Bonchev–Trinajstić information content (AvgIpc) is 2.33. The van der Waals surface area contributed by atoms with E-state index in [1.807, 2.05) is 0 Å². The molecule has 2 rings (SSSR count). The van der Waals surface area contributed by atoms with Crippen molar-refractivity contribution < 1.29 is 8.42 Å². The van der Waals surface area contributed by atoms with Gasteiger partial charge in [0.1, 0.15) is 0 Å². The molecule has 1 N–H and O–H groups in total. The highest BCUT2D eigenvalue weighted by Gasteiger charge is 2.31. The first-order valence-electron chi connectivity index (χ1n) is 6.88. The predicted octanol–water partition coefficient (Wildman–Crippen LogP) is -0.0483. The van der Waals surface area contributed by atoms with Crippen LogP contribution in [0, 0.1) is 5.92 Å². The van der Waals surface area contributed by atoms with Crippen molar-refractivity contribution in [1.82, 2.24) is 14.5 Å². The quantitative estimate of drug-likeness (QED) is 0.785. The molecule has 2 aliphatic heterocycles. The maximum Gasteiger partial charge on any atom is 0.214 e. The highest BCUT2D eigenvalue weighted by Crippen LogP contribution is 2.19. The van der Waals surface area contributed by atoms with E-state index in [1.54, 1.807) is 4.31 Å². The molecule has 0 spiro atoms. The highest BCUT2D eigenvalue weighted by atomic mass is 32.2. The fourth-order valence-electron chi connectivity index (χ4n) is 2.72. The van der Waals surface area contributed by atoms with E-state index >= 15 is 0 Å². The summed E-state index contributed by atoms with van der Waals surface area (Å²) >= 11 is 0. The number of piperazine rings is 1. The van der Waals surface area contributed by atoms with Gasteiger partial charge in [-0.1, -0.05) is 0 Å². The minimum Gasteiger partial charge on any atom is -0.317 e. The molecule has 0 aliphatic carbocycles. The van der Waals surface area contributed by atoms with Crippen molar-refractivity contribution in [2.75, 3.05) is 45.5 Å². The Bertz CT molecular complexity index is 366. The topological polar surface area (TPSA) is 52.7 Å². The van der Waals surface area contributed by atoms with Crippen LogP contribution in [0.3, 0.4) is 0 Å². The van der Waals surface area contributed by atoms with Gasteiger partial charge in [-0.3, -0.25) is 0 Å². The van der Waals surface area contributed by atoms with Crippen LogP contribution in [0.2, 0.25) is 0 Å². The van der Waals surface area contributed by atoms with Gasteiger partial charge in [0, 0.05) is 25.7 Å². The molecule has 0 bridgehead atoms. The van der Waals surface area contributed by atoms with E-state index in [0.717, 1.165) is 32.5 Å². The third-order valence-corrected chi connectivity index (χ3v) is 6.23. The minimum atomic E-state index is -3.06. The van der Waals surface area contributed by atoms with Gasteiger partial charge in [-0.05, 0) is 45.8 Å². The number of rotatable bonds is 3. The first kappa shape index (κ1) is 14.2. The van der Waals surface area contributed by atoms with Crippen LogP contribution in [0.25, 0.3) is 0 Å². The van der Waals surface area contributed by atoms with Crippen LogP contribution in [0.15, 0.2) is 0 Å². The fraction of sp³-hybridized carbons (Fsp3) is 1.00. The van der Waals surface area contributed by atoms with Crippen LogP contribution >= 0.6 is 0 Å². The summed E-state index contributed by atoms with van der Waals surface area (Å²) in [4.78, 5) is 2.22. The van der Waals surface area contributed by atoms with Crippen molar-refractivity contribution in [3.8, 4) is 0 Å². The molecule has 2 fully saturated rings. The summed E-state index contributed by atoms with van der Waals surface area (Å²) in [6.07, 6.45) is 1.98. The third kappa shape index (κ3) is 3.44. The lowest BCUT2D eigenvalue weighted by Gasteiger charge is -2.37. The van der Waals surface area contributed by atoms with E-state index in [1.165, 1.54) is 0 Å². The maximum absolute atomic E-state index is 12.4. The molecule has 0 aromatic carbocycles. The molecular formula is C12H25N3O2S. The highest BCUT2D eigenvalue weighted by molar-refractivity contribution is 7.89. The molecule has 1 unspecified atom stereocenters.